The van der Waals surface area contributed by atoms with Crippen LogP contribution in [0.2, 0.25) is 0 Å². The fraction of sp³-hybridized carbons (Fsp3) is 0.143. The highest BCUT2D eigenvalue weighted by molar-refractivity contribution is 6.02. The molecule has 0 saturated carbocycles. The number of nitrogens with two attached hydrogens (primary N) is 1. The average molecular weight is 256 g/mol. The molecule has 0 saturated heterocycles. The first kappa shape index (κ1) is 11.5. The second-order valence-corrected chi connectivity index (χ2v) is 4.19. The Morgan fingerprint density at radius 2 is 1.95 bits per heavy atom. The molecule has 1 atom stereocenters. The molecule has 1 unspecified atom stereocenters. The molecule has 0 radical (unpaired) electrons. The predicted octanol–water partition coefficient (Wildman–Crippen LogP) is 1.76. The number of fused-ring (bicyclic) bond motifs is 1. The van der Waals surface area contributed by atoms with E-state index >= 15 is 0 Å². The molecule has 0 fully saturated rings. The molecule has 2 aromatic rings. The van der Waals surface area contributed by atoms with Gasteiger partial charge in [0.05, 0.1) is 7.11 Å². The lowest BCUT2D eigenvalue weighted by atomic mass is 9.99. The fourth-order valence-corrected chi connectivity index (χ4v) is 2.26. The number of rotatable bonds is 2. The first-order valence-electron chi connectivity index (χ1n) is 5.81. The molecule has 0 aliphatic carbocycles. The van der Waals surface area contributed by atoms with Crippen LogP contribution in [0.3, 0.4) is 0 Å². The van der Waals surface area contributed by atoms with Gasteiger partial charge < -0.3 is 15.2 Å². The number of benzene rings is 2. The molecule has 0 spiro atoms. The van der Waals surface area contributed by atoms with Gasteiger partial charge in [0.1, 0.15) is 5.75 Å². The molecule has 2 aromatic carbocycles. The van der Waals surface area contributed by atoms with Gasteiger partial charge in [-0.25, -0.2) is 0 Å². The van der Waals surface area contributed by atoms with Gasteiger partial charge in [-0.05, 0) is 11.5 Å². The standard InChI is InChI=1S/C14H12N2O3/c1-18-11-7-6-10(8-4-2-3-5-9(8)11)12-13(17)16-14(15)19-12/h2-7,12H,1H3,(H2,15,16,17). The zero-order valence-corrected chi connectivity index (χ0v) is 10.3. The third-order valence-corrected chi connectivity index (χ3v) is 3.10. The zero-order valence-electron chi connectivity index (χ0n) is 10.3. The van der Waals surface area contributed by atoms with Crippen LogP contribution >= 0.6 is 0 Å². The molecule has 1 amide bonds. The quantitative estimate of drug-likeness (QED) is 0.888. The minimum absolute atomic E-state index is 0.0881. The highest BCUT2D eigenvalue weighted by Crippen LogP contribution is 2.34. The number of methoxy groups -OCH3 is 1. The van der Waals surface area contributed by atoms with Gasteiger partial charge in [-0.3, -0.25) is 4.79 Å². The Bertz CT molecular complexity index is 694. The average Bonchev–Trinajstić information content (AvgIpc) is 2.76. The number of hydrogen-bond acceptors (Lipinski definition) is 4. The maximum Gasteiger partial charge on any atom is 0.296 e. The van der Waals surface area contributed by atoms with Crippen LogP contribution in [-0.4, -0.2) is 19.0 Å². The minimum atomic E-state index is -0.768. The topological polar surface area (TPSA) is 73.9 Å². The third-order valence-electron chi connectivity index (χ3n) is 3.10. The van der Waals surface area contributed by atoms with Crippen LogP contribution in [0.4, 0.5) is 0 Å². The van der Waals surface area contributed by atoms with E-state index in [-0.39, 0.29) is 11.9 Å². The molecule has 1 aliphatic rings. The largest absolute Gasteiger partial charge is 0.496 e. The van der Waals surface area contributed by atoms with E-state index in [4.69, 9.17) is 15.2 Å². The normalized spacial score (nSPS) is 18.3. The zero-order chi connectivity index (χ0) is 13.4. The maximum atomic E-state index is 11.8. The molecule has 1 heterocycles. The first-order chi connectivity index (χ1) is 9.20. The number of carbonyl (C=O) groups is 1. The van der Waals surface area contributed by atoms with E-state index in [0.717, 1.165) is 22.1 Å². The van der Waals surface area contributed by atoms with Gasteiger partial charge in [0, 0.05) is 10.9 Å². The van der Waals surface area contributed by atoms with E-state index in [1.807, 2.05) is 30.3 Å². The van der Waals surface area contributed by atoms with Crippen LogP contribution in [0.15, 0.2) is 41.4 Å². The second-order valence-electron chi connectivity index (χ2n) is 4.19. The van der Waals surface area contributed by atoms with E-state index in [1.165, 1.54) is 0 Å². The van der Waals surface area contributed by atoms with Crippen molar-refractivity contribution in [1.82, 2.24) is 0 Å². The van der Waals surface area contributed by atoms with Crippen molar-refractivity contribution in [1.29, 1.82) is 0 Å². The van der Waals surface area contributed by atoms with E-state index in [1.54, 1.807) is 13.2 Å². The Morgan fingerprint density at radius 1 is 1.21 bits per heavy atom. The highest BCUT2D eigenvalue weighted by Gasteiger charge is 2.30. The van der Waals surface area contributed by atoms with Gasteiger partial charge in [-0.2, -0.15) is 4.99 Å². The van der Waals surface area contributed by atoms with E-state index in [2.05, 4.69) is 4.99 Å². The Labute approximate surface area is 109 Å². The summed E-state index contributed by atoms with van der Waals surface area (Å²) >= 11 is 0. The number of nitrogens with zero attached hydrogens (tertiary/aromatic N) is 1. The maximum absolute atomic E-state index is 11.8. The molecule has 1 aliphatic heterocycles. The van der Waals surface area contributed by atoms with E-state index < -0.39 is 6.10 Å². The van der Waals surface area contributed by atoms with Crippen molar-refractivity contribution in [3.05, 3.63) is 42.0 Å². The summed E-state index contributed by atoms with van der Waals surface area (Å²) in [5.41, 5.74) is 6.18. The predicted molar refractivity (Wildman–Crippen MR) is 71.0 cm³/mol. The SMILES string of the molecule is COc1ccc(C2OC(N)=NC2=O)c2ccccc12. The summed E-state index contributed by atoms with van der Waals surface area (Å²) in [7, 11) is 1.61. The van der Waals surface area contributed by atoms with Gasteiger partial charge in [0.25, 0.3) is 11.9 Å². The molecule has 2 N–H and O–H groups in total. The fourth-order valence-electron chi connectivity index (χ4n) is 2.26. The van der Waals surface area contributed by atoms with Gasteiger partial charge >= 0.3 is 0 Å². The van der Waals surface area contributed by atoms with Gasteiger partial charge in [-0.15, -0.1) is 0 Å². The summed E-state index contributed by atoms with van der Waals surface area (Å²) in [6.07, 6.45) is -0.768. The van der Waals surface area contributed by atoms with Crippen molar-refractivity contribution in [3.8, 4) is 5.75 Å². The monoisotopic (exact) mass is 256 g/mol. The smallest absolute Gasteiger partial charge is 0.296 e. The van der Waals surface area contributed by atoms with E-state index in [0.29, 0.717) is 0 Å². The lowest BCUT2D eigenvalue weighted by Gasteiger charge is -2.14. The number of amides is 1. The van der Waals surface area contributed by atoms with Crippen molar-refractivity contribution < 1.29 is 14.3 Å². The van der Waals surface area contributed by atoms with Crippen molar-refractivity contribution in [2.45, 2.75) is 6.10 Å². The van der Waals surface area contributed by atoms with E-state index in [9.17, 15) is 4.79 Å². The molecule has 0 aromatic heterocycles. The highest BCUT2D eigenvalue weighted by atomic mass is 16.5. The number of amidine groups is 1. The number of carbonyl (C=O) groups excluding carboxylic acids is 1. The molecule has 19 heavy (non-hydrogen) atoms. The lowest BCUT2D eigenvalue weighted by molar-refractivity contribution is -0.122. The van der Waals surface area contributed by atoms with Crippen molar-refractivity contribution in [2.75, 3.05) is 7.11 Å². The second kappa shape index (κ2) is 4.28. The summed E-state index contributed by atoms with van der Waals surface area (Å²) in [4.78, 5) is 15.4. The van der Waals surface area contributed by atoms with Gasteiger partial charge in [0.2, 0.25) is 6.10 Å². The van der Waals surface area contributed by atoms with Crippen LogP contribution < -0.4 is 10.5 Å². The van der Waals surface area contributed by atoms with Crippen LogP contribution in [0.1, 0.15) is 11.7 Å². The molecular formula is C14H12N2O3. The van der Waals surface area contributed by atoms with Crippen LogP contribution in [0.5, 0.6) is 5.75 Å². The molecule has 96 valence electrons. The molecule has 5 heteroatoms. The minimum Gasteiger partial charge on any atom is -0.496 e. The van der Waals surface area contributed by atoms with Gasteiger partial charge in [-0.1, -0.05) is 30.3 Å². The van der Waals surface area contributed by atoms with Crippen LogP contribution in [-0.2, 0) is 9.53 Å². The van der Waals surface area contributed by atoms with Crippen molar-refractivity contribution >= 4 is 22.7 Å². The Hall–Kier alpha value is -2.56. The first-order valence-corrected chi connectivity index (χ1v) is 5.81. The van der Waals surface area contributed by atoms with Crippen molar-refractivity contribution in [2.24, 2.45) is 10.7 Å². The number of aliphatic imine (C=N–C) groups is 1. The summed E-state index contributed by atoms with van der Waals surface area (Å²) in [6, 6.07) is 11.2. The number of hydrogen-bond donors (Lipinski definition) is 1. The van der Waals surface area contributed by atoms with Crippen molar-refractivity contribution in [3.63, 3.8) is 0 Å². The summed E-state index contributed by atoms with van der Waals surface area (Å²) in [5, 5.41) is 1.81. The molecule has 5 nitrogen and oxygen atoms in total. The summed E-state index contributed by atoms with van der Waals surface area (Å²) < 4.78 is 10.6. The summed E-state index contributed by atoms with van der Waals surface area (Å²) in [6.45, 7) is 0. The Balaban J connectivity index is 2.18. The molecule has 3 rings (SSSR count). The van der Waals surface area contributed by atoms with Crippen LogP contribution in [0.25, 0.3) is 10.8 Å². The summed E-state index contributed by atoms with van der Waals surface area (Å²) in [5.74, 6) is 0.367. The molecule has 0 bridgehead atoms. The molecular weight excluding hydrogens is 244 g/mol. The van der Waals surface area contributed by atoms with Crippen LogP contribution in [0, 0.1) is 0 Å². The third kappa shape index (κ3) is 1.79. The number of ether oxygens (including phenoxy) is 2. The lowest BCUT2D eigenvalue weighted by Crippen LogP contribution is -2.14. The Kier molecular flexibility index (Phi) is 2.59. The Morgan fingerprint density at radius 3 is 2.58 bits per heavy atom. The van der Waals surface area contributed by atoms with Gasteiger partial charge in [0.15, 0.2) is 0 Å².